The number of nitrogens with one attached hydrogen (secondary N) is 1. The minimum atomic E-state index is -0.436. The van der Waals surface area contributed by atoms with Gasteiger partial charge in [-0.2, -0.15) is 11.3 Å². The first-order valence-electron chi connectivity index (χ1n) is 5.53. The van der Waals surface area contributed by atoms with Crippen molar-refractivity contribution in [3.05, 3.63) is 52.0 Å². The van der Waals surface area contributed by atoms with Crippen LogP contribution in [0.1, 0.15) is 15.9 Å². The molecule has 3 N–H and O–H groups in total. The van der Waals surface area contributed by atoms with Gasteiger partial charge in [-0.15, -0.1) is 0 Å². The molecule has 0 fully saturated rings. The van der Waals surface area contributed by atoms with Gasteiger partial charge in [-0.3, -0.25) is 4.79 Å². The Morgan fingerprint density at radius 1 is 1.42 bits per heavy atom. The smallest absolute Gasteiger partial charge is 0.256 e. The molecule has 5 heteroatoms. The summed E-state index contributed by atoms with van der Waals surface area (Å²) in [5.41, 5.74) is 6.53. The maximum Gasteiger partial charge on any atom is 0.256 e. The third-order valence-electron chi connectivity index (χ3n) is 2.33. The standard InChI is InChI=1S/C14H11FN2OS/c15-13-4-3-12(8-10(13)2-1-6-16)17-14(18)11-5-7-19-9-11/h3-5,7-9H,6,16H2,(H,17,18). The Bertz CT molecular complexity index is 641. The SMILES string of the molecule is NCC#Cc1cc(NC(=O)c2ccsc2)ccc1F. The number of halogens is 1. The zero-order chi connectivity index (χ0) is 13.7. The van der Waals surface area contributed by atoms with Crippen LogP contribution in [-0.2, 0) is 0 Å². The highest BCUT2D eigenvalue weighted by atomic mass is 32.1. The Hall–Kier alpha value is -2.16. The summed E-state index contributed by atoms with van der Waals surface area (Å²) < 4.78 is 13.4. The van der Waals surface area contributed by atoms with Crippen molar-refractivity contribution >= 4 is 22.9 Å². The zero-order valence-electron chi connectivity index (χ0n) is 9.94. The molecule has 1 aromatic heterocycles. The molecule has 0 aliphatic carbocycles. The summed E-state index contributed by atoms with van der Waals surface area (Å²) in [5, 5.41) is 6.25. The second kappa shape index (κ2) is 6.14. The molecule has 0 unspecified atom stereocenters. The van der Waals surface area contributed by atoms with Crippen LogP contribution in [0.5, 0.6) is 0 Å². The average Bonchev–Trinajstić information content (AvgIpc) is 2.93. The fourth-order valence-corrected chi connectivity index (χ4v) is 2.08. The molecule has 0 bridgehead atoms. The van der Waals surface area contributed by atoms with E-state index < -0.39 is 5.82 Å². The van der Waals surface area contributed by atoms with Gasteiger partial charge in [-0.05, 0) is 29.6 Å². The van der Waals surface area contributed by atoms with E-state index in [1.54, 1.807) is 11.4 Å². The van der Waals surface area contributed by atoms with Crippen molar-refractivity contribution in [2.24, 2.45) is 5.73 Å². The lowest BCUT2D eigenvalue weighted by Crippen LogP contribution is -2.11. The van der Waals surface area contributed by atoms with E-state index in [2.05, 4.69) is 17.2 Å². The summed E-state index contributed by atoms with van der Waals surface area (Å²) in [5.74, 6) is 4.54. The Labute approximate surface area is 114 Å². The number of hydrogen-bond donors (Lipinski definition) is 2. The first kappa shape index (κ1) is 13.3. The maximum atomic E-state index is 13.4. The average molecular weight is 274 g/mol. The van der Waals surface area contributed by atoms with Crippen LogP contribution in [0, 0.1) is 17.7 Å². The minimum absolute atomic E-state index is 0.158. The largest absolute Gasteiger partial charge is 0.322 e. The first-order chi connectivity index (χ1) is 9.20. The van der Waals surface area contributed by atoms with Crippen molar-refractivity contribution in [1.82, 2.24) is 0 Å². The molecule has 0 spiro atoms. The topological polar surface area (TPSA) is 55.1 Å². The summed E-state index contributed by atoms with van der Waals surface area (Å²) >= 11 is 1.44. The molecule has 0 atom stereocenters. The highest BCUT2D eigenvalue weighted by Gasteiger charge is 2.07. The van der Waals surface area contributed by atoms with E-state index in [0.29, 0.717) is 11.3 Å². The summed E-state index contributed by atoms with van der Waals surface area (Å²) in [7, 11) is 0. The number of anilines is 1. The molecule has 2 rings (SSSR count). The van der Waals surface area contributed by atoms with Crippen molar-refractivity contribution < 1.29 is 9.18 Å². The molecule has 1 amide bonds. The molecule has 0 saturated heterocycles. The highest BCUT2D eigenvalue weighted by Crippen LogP contribution is 2.16. The van der Waals surface area contributed by atoms with Crippen LogP contribution in [0.15, 0.2) is 35.0 Å². The van der Waals surface area contributed by atoms with Crippen molar-refractivity contribution in [2.45, 2.75) is 0 Å². The molecule has 0 radical (unpaired) electrons. The zero-order valence-corrected chi connectivity index (χ0v) is 10.8. The molecule has 2 aromatic rings. The van der Waals surface area contributed by atoms with Gasteiger partial charge < -0.3 is 11.1 Å². The Morgan fingerprint density at radius 3 is 2.95 bits per heavy atom. The number of rotatable bonds is 2. The van der Waals surface area contributed by atoms with Crippen LogP contribution < -0.4 is 11.1 Å². The highest BCUT2D eigenvalue weighted by molar-refractivity contribution is 7.08. The van der Waals surface area contributed by atoms with Crippen LogP contribution in [-0.4, -0.2) is 12.5 Å². The Kier molecular flexibility index (Phi) is 4.29. The maximum absolute atomic E-state index is 13.4. The normalized spacial score (nSPS) is 9.58. The van der Waals surface area contributed by atoms with Crippen LogP contribution >= 0.6 is 11.3 Å². The first-order valence-corrected chi connectivity index (χ1v) is 6.47. The lowest BCUT2D eigenvalue weighted by Gasteiger charge is -2.04. The second-order valence-corrected chi connectivity index (χ2v) is 4.45. The van der Waals surface area contributed by atoms with Gasteiger partial charge in [0, 0.05) is 11.1 Å². The van der Waals surface area contributed by atoms with Crippen LogP contribution in [0.25, 0.3) is 0 Å². The van der Waals surface area contributed by atoms with E-state index in [1.807, 2.05) is 5.38 Å². The third kappa shape index (κ3) is 3.41. The van der Waals surface area contributed by atoms with E-state index in [4.69, 9.17) is 5.73 Å². The Morgan fingerprint density at radius 2 is 2.26 bits per heavy atom. The predicted octanol–water partition coefficient (Wildman–Crippen LogP) is 2.45. The molecule has 19 heavy (non-hydrogen) atoms. The molecule has 96 valence electrons. The van der Waals surface area contributed by atoms with Gasteiger partial charge in [0.1, 0.15) is 5.82 Å². The minimum Gasteiger partial charge on any atom is -0.322 e. The molecule has 1 aromatic carbocycles. The van der Waals surface area contributed by atoms with E-state index in [-0.39, 0.29) is 18.0 Å². The van der Waals surface area contributed by atoms with Gasteiger partial charge >= 0.3 is 0 Å². The third-order valence-corrected chi connectivity index (χ3v) is 3.02. The fourth-order valence-electron chi connectivity index (χ4n) is 1.44. The van der Waals surface area contributed by atoms with E-state index in [9.17, 15) is 9.18 Å². The summed E-state index contributed by atoms with van der Waals surface area (Å²) in [6.07, 6.45) is 0. The van der Waals surface area contributed by atoms with Crippen molar-refractivity contribution in [2.75, 3.05) is 11.9 Å². The number of nitrogens with two attached hydrogens (primary N) is 1. The van der Waals surface area contributed by atoms with E-state index >= 15 is 0 Å². The van der Waals surface area contributed by atoms with Crippen LogP contribution in [0.4, 0.5) is 10.1 Å². The summed E-state index contributed by atoms with van der Waals surface area (Å²) in [6, 6.07) is 5.97. The van der Waals surface area contributed by atoms with Gasteiger partial charge in [-0.25, -0.2) is 4.39 Å². The molecular formula is C14H11FN2OS. The molecule has 0 aliphatic rings. The van der Waals surface area contributed by atoms with Crippen molar-refractivity contribution in [3.8, 4) is 11.8 Å². The number of amides is 1. The Balaban J connectivity index is 2.19. The predicted molar refractivity (Wildman–Crippen MR) is 74.6 cm³/mol. The van der Waals surface area contributed by atoms with Crippen LogP contribution in [0.2, 0.25) is 0 Å². The van der Waals surface area contributed by atoms with Crippen LogP contribution in [0.3, 0.4) is 0 Å². The molecule has 0 aliphatic heterocycles. The van der Waals surface area contributed by atoms with Gasteiger partial charge in [0.15, 0.2) is 0 Å². The molecular weight excluding hydrogens is 263 g/mol. The number of carbonyl (C=O) groups is 1. The van der Waals surface area contributed by atoms with Gasteiger partial charge in [0.2, 0.25) is 0 Å². The molecule has 0 saturated carbocycles. The number of hydrogen-bond acceptors (Lipinski definition) is 3. The molecule has 3 nitrogen and oxygen atoms in total. The van der Waals surface area contributed by atoms with Gasteiger partial charge in [0.05, 0.1) is 17.7 Å². The van der Waals surface area contributed by atoms with Crippen molar-refractivity contribution in [1.29, 1.82) is 0 Å². The monoisotopic (exact) mass is 274 g/mol. The van der Waals surface area contributed by atoms with Crippen molar-refractivity contribution in [3.63, 3.8) is 0 Å². The number of benzene rings is 1. The lowest BCUT2D eigenvalue weighted by atomic mass is 10.2. The van der Waals surface area contributed by atoms with Gasteiger partial charge in [0.25, 0.3) is 5.91 Å². The summed E-state index contributed by atoms with van der Waals surface area (Å²) in [6.45, 7) is 0.158. The summed E-state index contributed by atoms with van der Waals surface area (Å²) in [4.78, 5) is 11.8. The quantitative estimate of drug-likeness (QED) is 0.826. The molecule has 1 heterocycles. The number of carbonyl (C=O) groups excluding carboxylic acids is 1. The van der Waals surface area contributed by atoms with E-state index in [0.717, 1.165) is 0 Å². The second-order valence-electron chi connectivity index (χ2n) is 3.67. The van der Waals surface area contributed by atoms with Gasteiger partial charge in [-0.1, -0.05) is 11.8 Å². The van der Waals surface area contributed by atoms with E-state index in [1.165, 1.54) is 29.5 Å². The fraction of sp³-hybridized carbons (Fsp3) is 0.0714. The number of thiophene rings is 1. The lowest BCUT2D eigenvalue weighted by molar-refractivity contribution is 0.102.